The van der Waals surface area contributed by atoms with E-state index in [1.165, 1.54) is 17.6 Å². The number of nitrogens with one attached hydrogen (secondary N) is 1. The standard InChI is InChI=1S/C17H18N2O5S/c1-10-8-13(18-15(20)12-5-3-7-24-12)25-14(10)16(21)19-6-2-4-11(9-19)17(22)23/h3,5,7-8,11H,2,4,6,9H2,1H3,(H,18,20)(H,22,23). The Hall–Kier alpha value is -2.61. The minimum atomic E-state index is -0.869. The molecular formula is C17H18N2O5S. The Balaban J connectivity index is 1.72. The summed E-state index contributed by atoms with van der Waals surface area (Å²) >= 11 is 1.18. The van der Waals surface area contributed by atoms with Gasteiger partial charge in [-0.15, -0.1) is 11.3 Å². The summed E-state index contributed by atoms with van der Waals surface area (Å²) in [6.07, 6.45) is 2.68. The number of furan rings is 1. The van der Waals surface area contributed by atoms with Crippen molar-refractivity contribution in [3.8, 4) is 0 Å². The van der Waals surface area contributed by atoms with Crippen LogP contribution in [-0.2, 0) is 4.79 Å². The summed E-state index contributed by atoms with van der Waals surface area (Å²) in [6.45, 7) is 2.57. The smallest absolute Gasteiger partial charge is 0.308 e. The lowest BCUT2D eigenvalue weighted by atomic mass is 9.98. The molecular weight excluding hydrogens is 344 g/mol. The Morgan fingerprint density at radius 2 is 2.20 bits per heavy atom. The Morgan fingerprint density at radius 1 is 1.40 bits per heavy atom. The second-order valence-corrected chi connectivity index (χ2v) is 7.03. The predicted molar refractivity (Wildman–Crippen MR) is 92.0 cm³/mol. The van der Waals surface area contributed by atoms with Gasteiger partial charge in [-0.25, -0.2) is 0 Å². The molecule has 2 amide bonds. The highest BCUT2D eigenvalue weighted by molar-refractivity contribution is 7.18. The second kappa shape index (κ2) is 7.10. The largest absolute Gasteiger partial charge is 0.481 e. The third-order valence-corrected chi connectivity index (χ3v) is 5.29. The summed E-state index contributed by atoms with van der Waals surface area (Å²) in [7, 11) is 0. The van der Waals surface area contributed by atoms with Crippen molar-refractivity contribution in [3.05, 3.63) is 40.7 Å². The molecule has 25 heavy (non-hydrogen) atoms. The quantitative estimate of drug-likeness (QED) is 0.871. The highest BCUT2D eigenvalue weighted by atomic mass is 32.1. The van der Waals surface area contributed by atoms with Crippen LogP contribution < -0.4 is 5.32 Å². The van der Waals surface area contributed by atoms with Crippen LogP contribution >= 0.6 is 11.3 Å². The number of carboxylic acid groups (broad SMARTS) is 1. The van der Waals surface area contributed by atoms with E-state index in [4.69, 9.17) is 9.52 Å². The van der Waals surface area contributed by atoms with Crippen LogP contribution in [0.25, 0.3) is 0 Å². The van der Waals surface area contributed by atoms with Crippen LogP contribution in [0.1, 0.15) is 38.6 Å². The molecule has 1 fully saturated rings. The number of thiophene rings is 1. The van der Waals surface area contributed by atoms with Gasteiger partial charge >= 0.3 is 5.97 Å². The maximum atomic E-state index is 12.7. The topological polar surface area (TPSA) is 99.9 Å². The number of carboxylic acids is 1. The summed E-state index contributed by atoms with van der Waals surface area (Å²) in [5.41, 5.74) is 0.752. The maximum Gasteiger partial charge on any atom is 0.308 e. The molecule has 1 aliphatic rings. The van der Waals surface area contributed by atoms with Crippen molar-refractivity contribution in [2.75, 3.05) is 18.4 Å². The zero-order valence-corrected chi connectivity index (χ0v) is 14.5. The molecule has 132 valence electrons. The normalized spacial score (nSPS) is 17.3. The van der Waals surface area contributed by atoms with Gasteiger partial charge in [0.05, 0.1) is 22.1 Å². The van der Waals surface area contributed by atoms with E-state index in [0.717, 1.165) is 5.56 Å². The number of likely N-dealkylation sites (tertiary alicyclic amines) is 1. The van der Waals surface area contributed by atoms with Gasteiger partial charge in [-0.05, 0) is 43.5 Å². The summed E-state index contributed by atoms with van der Waals surface area (Å²) in [5, 5.41) is 12.4. The van der Waals surface area contributed by atoms with E-state index in [1.807, 2.05) is 0 Å². The van der Waals surface area contributed by atoms with Crippen LogP contribution in [0.2, 0.25) is 0 Å². The Bertz CT molecular complexity index is 796. The fourth-order valence-electron chi connectivity index (χ4n) is 2.84. The SMILES string of the molecule is Cc1cc(NC(=O)c2ccco2)sc1C(=O)N1CCCC(C(=O)O)C1. The van der Waals surface area contributed by atoms with E-state index >= 15 is 0 Å². The number of carbonyl (C=O) groups is 3. The first-order chi connectivity index (χ1) is 12.0. The molecule has 1 unspecified atom stereocenters. The molecule has 1 aliphatic heterocycles. The number of piperidine rings is 1. The number of amides is 2. The molecule has 7 nitrogen and oxygen atoms in total. The highest BCUT2D eigenvalue weighted by Crippen LogP contribution is 2.29. The molecule has 2 aromatic heterocycles. The second-order valence-electron chi connectivity index (χ2n) is 5.98. The number of rotatable bonds is 4. The summed E-state index contributed by atoms with van der Waals surface area (Å²) < 4.78 is 5.04. The average molecular weight is 362 g/mol. The molecule has 3 rings (SSSR count). The lowest BCUT2D eigenvalue weighted by Crippen LogP contribution is -2.42. The first-order valence-electron chi connectivity index (χ1n) is 7.93. The molecule has 0 spiro atoms. The van der Waals surface area contributed by atoms with Crippen molar-refractivity contribution in [1.29, 1.82) is 0 Å². The van der Waals surface area contributed by atoms with Gasteiger partial charge in [0, 0.05) is 13.1 Å². The van der Waals surface area contributed by atoms with Gasteiger partial charge in [0.15, 0.2) is 5.76 Å². The number of aryl methyl sites for hydroxylation is 1. The molecule has 0 bridgehead atoms. The predicted octanol–water partition coefficient (Wildman–Crippen LogP) is 2.84. The van der Waals surface area contributed by atoms with Gasteiger partial charge < -0.3 is 19.7 Å². The summed E-state index contributed by atoms with van der Waals surface area (Å²) in [4.78, 5) is 38.0. The third-order valence-electron chi connectivity index (χ3n) is 4.15. The van der Waals surface area contributed by atoms with E-state index in [1.54, 1.807) is 30.0 Å². The highest BCUT2D eigenvalue weighted by Gasteiger charge is 2.30. The summed E-state index contributed by atoms with van der Waals surface area (Å²) in [5.74, 6) is -1.76. The molecule has 0 saturated carbocycles. The van der Waals surface area contributed by atoms with Crippen molar-refractivity contribution in [2.45, 2.75) is 19.8 Å². The van der Waals surface area contributed by atoms with Crippen LogP contribution in [0.4, 0.5) is 5.00 Å². The van der Waals surface area contributed by atoms with E-state index in [9.17, 15) is 14.4 Å². The van der Waals surface area contributed by atoms with Gasteiger partial charge in [0.25, 0.3) is 11.8 Å². The van der Waals surface area contributed by atoms with Gasteiger partial charge in [0.2, 0.25) is 0 Å². The van der Waals surface area contributed by atoms with Crippen LogP contribution in [-0.4, -0.2) is 40.9 Å². The average Bonchev–Trinajstić information content (AvgIpc) is 3.24. The Morgan fingerprint density at radius 3 is 2.88 bits per heavy atom. The van der Waals surface area contributed by atoms with E-state index in [0.29, 0.717) is 29.3 Å². The molecule has 1 saturated heterocycles. The van der Waals surface area contributed by atoms with Crippen molar-refractivity contribution in [2.24, 2.45) is 5.92 Å². The number of aliphatic carboxylic acids is 1. The lowest BCUT2D eigenvalue weighted by molar-refractivity contribution is -0.143. The van der Waals surface area contributed by atoms with Crippen LogP contribution in [0, 0.1) is 12.8 Å². The fourth-order valence-corrected chi connectivity index (χ4v) is 3.88. The number of carbonyl (C=O) groups excluding carboxylic acids is 2. The van der Waals surface area contributed by atoms with Gasteiger partial charge in [-0.2, -0.15) is 0 Å². The number of nitrogens with zero attached hydrogens (tertiary/aromatic N) is 1. The van der Waals surface area contributed by atoms with E-state index < -0.39 is 11.9 Å². The van der Waals surface area contributed by atoms with Crippen molar-refractivity contribution >= 4 is 34.1 Å². The number of hydrogen-bond acceptors (Lipinski definition) is 5. The van der Waals surface area contributed by atoms with Gasteiger partial charge in [-0.3, -0.25) is 14.4 Å². The fraction of sp³-hybridized carbons (Fsp3) is 0.353. The first kappa shape index (κ1) is 17.2. The first-order valence-corrected chi connectivity index (χ1v) is 8.74. The minimum absolute atomic E-state index is 0.188. The molecule has 1 atom stereocenters. The molecule has 3 heterocycles. The van der Waals surface area contributed by atoms with Gasteiger partial charge in [0.1, 0.15) is 0 Å². The Kier molecular flexibility index (Phi) is 4.89. The maximum absolute atomic E-state index is 12.7. The monoisotopic (exact) mass is 362 g/mol. The minimum Gasteiger partial charge on any atom is -0.481 e. The van der Waals surface area contributed by atoms with Crippen molar-refractivity contribution < 1.29 is 23.9 Å². The molecule has 0 aliphatic carbocycles. The summed E-state index contributed by atoms with van der Waals surface area (Å²) in [6, 6.07) is 4.91. The van der Waals surface area contributed by atoms with E-state index in [-0.39, 0.29) is 24.1 Å². The number of anilines is 1. The van der Waals surface area contributed by atoms with Crippen molar-refractivity contribution in [1.82, 2.24) is 4.90 Å². The molecule has 0 aromatic carbocycles. The molecule has 2 aromatic rings. The Labute approximate surface area is 148 Å². The van der Waals surface area contributed by atoms with Crippen LogP contribution in [0.15, 0.2) is 28.9 Å². The zero-order valence-electron chi connectivity index (χ0n) is 13.7. The van der Waals surface area contributed by atoms with Gasteiger partial charge in [-0.1, -0.05) is 0 Å². The third kappa shape index (κ3) is 3.74. The van der Waals surface area contributed by atoms with Crippen LogP contribution in [0.5, 0.6) is 0 Å². The molecule has 0 radical (unpaired) electrons. The number of hydrogen-bond donors (Lipinski definition) is 2. The zero-order chi connectivity index (χ0) is 18.0. The molecule has 8 heteroatoms. The van der Waals surface area contributed by atoms with Crippen molar-refractivity contribution in [3.63, 3.8) is 0 Å². The van der Waals surface area contributed by atoms with E-state index in [2.05, 4.69) is 5.32 Å². The molecule has 2 N–H and O–H groups in total. The van der Waals surface area contributed by atoms with Crippen LogP contribution in [0.3, 0.4) is 0 Å². The lowest BCUT2D eigenvalue weighted by Gasteiger charge is -2.30.